The van der Waals surface area contributed by atoms with Crippen molar-refractivity contribution in [3.63, 3.8) is 0 Å². The van der Waals surface area contributed by atoms with Crippen molar-refractivity contribution in [3.05, 3.63) is 35.4 Å². The fourth-order valence-corrected chi connectivity index (χ4v) is 2.30. The summed E-state index contributed by atoms with van der Waals surface area (Å²) >= 11 is 0. The second-order valence-corrected chi connectivity index (χ2v) is 5.07. The average molecular weight is 260 g/mol. The van der Waals surface area contributed by atoms with Crippen LogP contribution in [0.2, 0.25) is 0 Å². The second-order valence-electron chi connectivity index (χ2n) is 5.07. The van der Waals surface area contributed by atoms with Crippen molar-refractivity contribution in [3.8, 4) is 0 Å². The summed E-state index contributed by atoms with van der Waals surface area (Å²) in [4.78, 5) is 22.9. The molecule has 1 unspecified atom stereocenters. The highest BCUT2D eigenvalue weighted by Crippen LogP contribution is 2.10. The first-order valence-corrected chi connectivity index (χ1v) is 6.75. The fraction of sp³-hybridized carbons (Fsp3) is 0.467. The van der Waals surface area contributed by atoms with Crippen LogP contribution in [0.15, 0.2) is 24.3 Å². The van der Waals surface area contributed by atoms with Crippen molar-refractivity contribution in [2.45, 2.75) is 26.2 Å². The van der Waals surface area contributed by atoms with Crippen LogP contribution in [0.5, 0.6) is 0 Å². The van der Waals surface area contributed by atoms with Crippen LogP contribution in [0.1, 0.15) is 24.0 Å². The first-order chi connectivity index (χ1) is 9.15. The quantitative estimate of drug-likeness (QED) is 0.854. The van der Waals surface area contributed by atoms with Gasteiger partial charge in [-0.2, -0.15) is 0 Å². The molecular formula is C15H20N2O2. The Balaban J connectivity index is 1.73. The van der Waals surface area contributed by atoms with Crippen LogP contribution < -0.4 is 10.6 Å². The van der Waals surface area contributed by atoms with Gasteiger partial charge in [-0.25, -0.2) is 0 Å². The Bertz CT molecular complexity index is 461. The maximum absolute atomic E-state index is 11.9. The highest BCUT2D eigenvalue weighted by molar-refractivity contribution is 5.83. The van der Waals surface area contributed by atoms with Gasteiger partial charge in [-0.05, 0) is 25.3 Å². The van der Waals surface area contributed by atoms with Crippen LogP contribution >= 0.6 is 0 Å². The van der Waals surface area contributed by atoms with Crippen LogP contribution in [0.3, 0.4) is 0 Å². The summed E-state index contributed by atoms with van der Waals surface area (Å²) in [5.74, 6) is 0.0201. The Labute approximate surface area is 113 Å². The molecule has 1 aromatic rings. The number of hydrogen-bond donors (Lipinski definition) is 2. The molecule has 4 nitrogen and oxygen atoms in total. The number of benzene rings is 1. The molecule has 1 aliphatic rings. The van der Waals surface area contributed by atoms with Gasteiger partial charge in [0.25, 0.3) is 0 Å². The van der Waals surface area contributed by atoms with Gasteiger partial charge in [0.15, 0.2) is 0 Å². The topological polar surface area (TPSA) is 58.2 Å². The molecule has 0 aromatic heterocycles. The third kappa shape index (κ3) is 4.09. The molecule has 1 atom stereocenters. The average Bonchev–Trinajstić information content (AvgIpc) is 2.39. The van der Waals surface area contributed by atoms with Gasteiger partial charge in [-0.1, -0.05) is 29.8 Å². The Morgan fingerprint density at radius 3 is 3.00 bits per heavy atom. The van der Waals surface area contributed by atoms with Crippen molar-refractivity contribution in [2.75, 3.05) is 13.1 Å². The van der Waals surface area contributed by atoms with Crippen molar-refractivity contribution in [2.24, 2.45) is 5.92 Å². The molecule has 0 spiro atoms. The summed E-state index contributed by atoms with van der Waals surface area (Å²) in [6, 6.07) is 8.29. The molecular weight excluding hydrogens is 240 g/mol. The molecule has 0 bridgehead atoms. The van der Waals surface area contributed by atoms with E-state index >= 15 is 0 Å². The lowest BCUT2D eigenvalue weighted by atomic mass is 9.98. The van der Waals surface area contributed by atoms with Crippen LogP contribution in [-0.2, 0) is 16.0 Å². The summed E-state index contributed by atoms with van der Waals surface area (Å²) in [5, 5.41) is 5.67. The maximum atomic E-state index is 11.9. The van der Waals surface area contributed by atoms with E-state index in [4.69, 9.17) is 0 Å². The number of nitrogens with one attached hydrogen (secondary N) is 2. The summed E-state index contributed by atoms with van der Waals surface area (Å²) in [6.07, 6.45) is 1.95. The molecule has 0 aliphatic carbocycles. The minimum Gasteiger partial charge on any atom is -0.355 e. The second kappa shape index (κ2) is 6.36. The number of carbonyl (C=O) groups is 2. The summed E-state index contributed by atoms with van der Waals surface area (Å²) < 4.78 is 0. The normalized spacial score (nSPS) is 18.8. The zero-order valence-corrected chi connectivity index (χ0v) is 11.2. The van der Waals surface area contributed by atoms with Crippen LogP contribution in [-0.4, -0.2) is 24.9 Å². The minimum atomic E-state index is -0.0739. The molecule has 4 heteroatoms. The van der Waals surface area contributed by atoms with E-state index in [-0.39, 0.29) is 17.7 Å². The molecule has 1 aliphatic heterocycles. The van der Waals surface area contributed by atoms with Crippen molar-refractivity contribution in [1.82, 2.24) is 10.6 Å². The fourth-order valence-electron chi connectivity index (χ4n) is 2.30. The molecule has 0 radical (unpaired) electrons. The van der Waals surface area contributed by atoms with Crippen molar-refractivity contribution in [1.29, 1.82) is 0 Å². The van der Waals surface area contributed by atoms with Gasteiger partial charge < -0.3 is 10.6 Å². The zero-order valence-electron chi connectivity index (χ0n) is 11.2. The van der Waals surface area contributed by atoms with E-state index in [1.54, 1.807) is 0 Å². The molecule has 2 rings (SSSR count). The van der Waals surface area contributed by atoms with E-state index < -0.39 is 0 Å². The highest BCUT2D eigenvalue weighted by atomic mass is 16.2. The largest absolute Gasteiger partial charge is 0.355 e. The van der Waals surface area contributed by atoms with E-state index in [0.29, 0.717) is 25.9 Å². The van der Waals surface area contributed by atoms with Gasteiger partial charge in [0.1, 0.15) is 0 Å². The Kier molecular flexibility index (Phi) is 4.55. The summed E-state index contributed by atoms with van der Waals surface area (Å²) in [7, 11) is 0. The third-order valence-corrected chi connectivity index (χ3v) is 3.43. The Hall–Kier alpha value is -1.84. The molecule has 0 saturated carbocycles. The van der Waals surface area contributed by atoms with Gasteiger partial charge in [-0.3, -0.25) is 9.59 Å². The molecule has 2 N–H and O–H groups in total. The molecule has 19 heavy (non-hydrogen) atoms. The molecule has 1 fully saturated rings. The Morgan fingerprint density at radius 2 is 2.32 bits per heavy atom. The lowest BCUT2D eigenvalue weighted by Gasteiger charge is -2.21. The van der Waals surface area contributed by atoms with Gasteiger partial charge in [0.05, 0.1) is 5.92 Å². The lowest BCUT2D eigenvalue weighted by molar-refractivity contribution is -0.128. The van der Waals surface area contributed by atoms with E-state index in [1.807, 2.05) is 6.07 Å². The molecule has 102 valence electrons. The van der Waals surface area contributed by atoms with E-state index in [1.165, 1.54) is 11.1 Å². The number of amides is 2. The predicted molar refractivity (Wildman–Crippen MR) is 73.6 cm³/mol. The van der Waals surface area contributed by atoms with Crippen LogP contribution in [0, 0.1) is 12.8 Å². The van der Waals surface area contributed by atoms with E-state index in [0.717, 1.165) is 6.42 Å². The highest BCUT2D eigenvalue weighted by Gasteiger charge is 2.23. The van der Waals surface area contributed by atoms with Gasteiger partial charge in [-0.15, -0.1) is 0 Å². The number of rotatable bonds is 4. The first-order valence-electron chi connectivity index (χ1n) is 6.75. The van der Waals surface area contributed by atoms with Gasteiger partial charge in [0, 0.05) is 19.5 Å². The van der Waals surface area contributed by atoms with E-state index in [2.05, 4.69) is 35.8 Å². The van der Waals surface area contributed by atoms with E-state index in [9.17, 15) is 9.59 Å². The minimum absolute atomic E-state index is 0.0452. The molecule has 1 aromatic carbocycles. The number of hydrogen-bond acceptors (Lipinski definition) is 2. The number of aryl methyl sites for hydroxylation is 1. The first kappa shape index (κ1) is 13.6. The molecule has 1 saturated heterocycles. The predicted octanol–water partition coefficient (Wildman–Crippen LogP) is 1.18. The zero-order chi connectivity index (χ0) is 13.7. The summed E-state index contributed by atoms with van der Waals surface area (Å²) in [5.41, 5.74) is 2.47. The monoisotopic (exact) mass is 260 g/mol. The maximum Gasteiger partial charge on any atom is 0.224 e. The van der Waals surface area contributed by atoms with Crippen molar-refractivity contribution >= 4 is 11.8 Å². The van der Waals surface area contributed by atoms with Crippen molar-refractivity contribution < 1.29 is 9.59 Å². The third-order valence-electron chi connectivity index (χ3n) is 3.43. The molecule has 1 heterocycles. The Morgan fingerprint density at radius 1 is 1.47 bits per heavy atom. The molecule has 2 amide bonds. The standard InChI is InChI=1S/C15H20N2O2/c1-11-3-2-4-12(9-11)7-8-16-15(19)13-5-6-14(18)17-10-13/h2-4,9,13H,5-8,10H2,1H3,(H,16,19)(H,17,18). The smallest absolute Gasteiger partial charge is 0.224 e. The number of carbonyl (C=O) groups excluding carboxylic acids is 2. The number of piperidine rings is 1. The van der Waals surface area contributed by atoms with Gasteiger partial charge in [0.2, 0.25) is 11.8 Å². The van der Waals surface area contributed by atoms with Crippen LogP contribution in [0.4, 0.5) is 0 Å². The summed E-state index contributed by atoms with van der Waals surface area (Å²) in [6.45, 7) is 3.18. The van der Waals surface area contributed by atoms with Gasteiger partial charge >= 0.3 is 0 Å². The van der Waals surface area contributed by atoms with Crippen LogP contribution in [0.25, 0.3) is 0 Å². The lowest BCUT2D eigenvalue weighted by Crippen LogP contribution is -2.43. The SMILES string of the molecule is Cc1cccc(CCNC(=O)C2CCC(=O)NC2)c1.